The van der Waals surface area contributed by atoms with Gasteiger partial charge < -0.3 is 19.5 Å². The highest BCUT2D eigenvalue weighted by Crippen LogP contribution is 2.82. The lowest BCUT2D eigenvalue weighted by Crippen LogP contribution is -2.71. The van der Waals surface area contributed by atoms with Crippen LogP contribution in [0.4, 0.5) is 0 Å². The molecule has 0 aliphatic heterocycles. The van der Waals surface area contributed by atoms with Crippen molar-refractivity contribution < 1.29 is 29.5 Å². The molecule has 10 atom stereocenters. The molecule has 0 bridgehead atoms. The van der Waals surface area contributed by atoms with Crippen molar-refractivity contribution in [2.75, 3.05) is 20.8 Å². The van der Waals surface area contributed by atoms with Crippen molar-refractivity contribution in [3.63, 3.8) is 0 Å². The summed E-state index contributed by atoms with van der Waals surface area (Å²) < 4.78 is 17.0. The van der Waals surface area contributed by atoms with Crippen LogP contribution < -0.4 is 14.8 Å². The molecule has 1 N–H and O–H groups in total. The van der Waals surface area contributed by atoms with E-state index in [-0.39, 0.29) is 50.3 Å². The van der Waals surface area contributed by atoms with E-state index in [1.165, 1.54) is 37.7 Å². The molecular formula is C45H79NO5. The fraction of sp³-hybridized carbons (Fsp3) is 0.822. The van der Waals surface area contributed by atoms with Crippen molar-refractivity contribution in [1.29, 1.82) is 0 Å². The van der Waals surface area contributed by atoms with Crippen molar-refractivity contribution in [3.8, 4) is 11.5 Å². The highest BCUT2D eigenvalue weighted by molar-refractivity contribution is 5.84. The fourth-order valence-corrected chi connectivity index (χ4v) is 15.0. The second-order valence-electron chi connectivity index (χ2n) is 19.5. The molecule has 1 aromatic rings. The van der Waals surface area contributed by atoms with Gasteiger partial charge in [-0.1, -0.05) is 61.5 Å². The van der Waals surface area contributed by atoms with E-state index in [0.29, 0.717) is 42.0 Å². The van der Waals surface area contributed by atoms with Gasteiger partial charge in [0.05, 0.1) is 19.6 Å². The van der Waals surface area contributed by atoms with Crippen molar-refractivity contribution in [3.05, 3.63) is 23.8 Å². The van der Waals surface area contributed by atoms with E-state index >= 15 is 0 Å². The molecule has 6 rings (SSSR count). The minimum atomic E-state index is -0.276. The number of aryl methyl sites for hydroxylation is 1. The minimum absolute atomic E-state index is 0. The third kappa shape index (κ3) is 5.59. The van der Waals surface area contributed by atoms with Gasteiger partial charge in [0.2, 0.25) is 5.91 Å². The number of rotatable bonds is 10. The molecule has 0 radical (unpaired) electrons. The third-order valence-corrected chi connectivity index (χ3v) is 17.5. The van der Waals surface area contributed by atoms with Crippen molar-refractivity contribution in [1.82, 2.24) is 5.32 Å². The monoisotopic (exact) mass is 714 g/mol. The number of carbonyl (C=O) groups excluding carboxylic acids is 2. The smallest absolute Gasteiger partial charge is 0.302 e. The summed E-state index contributed by atoms with van der Waals surface area (Å²) in [4.78, 5) is 26.9. The Bertz CT molecular complexity index is 1490. The number of nitrogens with one attached hydrogen (secondary N) is 1. The molecule has 1 amide bonds. The quantitative estimate of drug-likeness (QED) is 0.193. The lowest BCUT2D eigenvalue weighted by Gasteiger charge is -2.76. The molecule has 6 nitrogen and oxygen atoms in total. The van der Waals surface area contributed by atoms with Gasteiger partial charge in [0, 0.05) is 24.6 Å². The first-order valence-corrected chi connectivity index (χ1v) is 20.7. The van der Waals surface area contributed by atoms with Gasteiger partial charge >= 0.3 is 5.97 Å². The van der Waals surface area contributed by atoms with Gasteiger partial charge in [0.15, 0.2) is 11.5 Å². The first-order chi connectivity index (χ1) is 24.0. The number of hydrogen-bond acceptors (Lipinski definition) is 5. The Morgan fingerprint density at radius 2 is 1.59 bits per heavy atom. The lowest BCUT2D eigenvalue weighted by atomic mass is 9.28. The van der Waals surface area contributed by atoms with Gasteiger partial charge in [0.25, 0.3) is 0 Å². The summed E-state index contributed by atoms with van der Waals surface area (Å²) in [6, 6.07) is 6.14. The maximum absolute atomic E-state index is 14.8. The zero-order valence-electron chi connectivity index (χ0n) is 34.1. The summed E-state index contributed by atoms with van der Waals surface area (Å²) in [5, 5.41) is 3.55. The summed E-state index contributed by atoms with van der Waals surface area (Å²) in [6.45, 7) is 22.4. The van der Waals surface area contributed by atoms with Gasteiger partial charge in [-0.3, -0.25) is 9.59 Å². The van der Waals surface area contributed by atoms with Crippen LogP contribution in [0.15, 0.2) is 18.2 Å². The van der Waals surface area contributed by atoms with E-state index < -0.39 is 0 Å². The Kier molecular flexibility index (Phi) is 10.2. The number of hydrogen-bond donors (Lipinski definition) is 1. The van der Waals surface area contributed by atoms with E-state index in [2.05, 4.69) is 72.8 Å². The molecule has 0 heterocycles. The number of benzene rings is 1. The van der Waals surface area contributed by atoms with Gasteiger partial charge in [0.1, 0.15) is 6.10 Å². The Morgan fingerprint density at radius 3 is 2.24 bits per heavy atom. The normalized spacial score (nSPS) is 41.1. The topological polar surface area (TPSA) is 73.9 Å². The van der Waals surface area contributed by atoms with E-state index in [0.717, 1.165) is 62.9 Å². The number of ether oxygens (including phenoxy) is 3. The zero-order chi connectivity index (χ0) is 37.2. The molecule has 5 aliphatic rings. The molecule has 3 unspecified atom stereocenters. The molecule has 0 spiro atoms. The Labute approximate surface area is 316 Å². The van der Waals surface area contributed by atoms with Gasteiger partial charge in [-0.2, -0.15) is 0 Å². The molecule has 5 saturated carbocycles. The molecule has 0 aromatic heterocycles. The standard InChI is InChI=1S/C45H71NO5.4H2/c1-12-45-24-19-36-41(7)21-20-37(51-30(4)47)40(5,6)35(41)18-22-42(36,8)43(45,9)25-26-44(23-17-32(29(2)3)38(44)45)39(48)46-27-13-14-31-15-16-33(49-10)34(28-31)50-11;;;;/h15-16,28-29,32,35-38H,12-14,17-27H2,1-11H3,(H,46,48);4*1H/t32-,35?,36?,37-,38?,41-,42+,43-,44-,45+;;;;/m0..../s1. The van der Waals surface area contributed by atoms with Crippen LogP contribution in [-0.2, 0) is 20.7 Å². The molecule has 5 fully saturated rings. The number of esters is 1. The maximum atomic E-state index is 14.8. The summed E-state index contributed by atoms with van der Waals surface area (Å²) >= 11 is 0. The maximum Gasteiger partial charge on any atom is 0.302 e. The Morgan fingerprint density at radius 1 is 0.882 bits per heavy atom. The predicted octanol–water partition coefficient (Wildman–Crippen LogP) is 11.2. The summed E-state index contributed by atoms with van der Waals surface area (Å²) in [6.07, 6.45) is 14.4. The lowest BCUT2D eigenvalue weighted by molar-refractivity contribution is -0.283. The molecule has 51 heavy (non-hydrogen) atoms. The predicted molar refractivity (Wildman–Crippen MR) is 213 cm³/mol. The van der Waals surface area contributed by atoms with E-state index in [1.807, 2.05) is 6.07 Å². The second kappa shape index (κ2) is 13.6. The van der Waals surface area contributed by atoms with Gasteiger partial charge in [-0.15, -0.1) is 0 Å². The fourth-order valence-electron chi connectivity index (χ4n) is 15.0. The van der Waals surface area contributed by atoms with Crippen LogP contribution in [0.2, 0.25) is 0 Å². The van der Waals surface area contributed by atoms with Crippen LogP contribution in [0.3, 0.4) is 0 Å². The average molecular weight is 714 g/mol. The van der Waals surface area contributed by atoms with Gasteiger partial charge in [-0.05, 0) is 152 Å². The van der Waals surface area contributed by atoms with Crippen LogP contribution >= 0.6 is 0 Å². The SMILES string of the molecule is CC[C@]12CCC3[C@@]4(C)CC[C@H](OC(C)=O)C(C)(C)C4CC[C@@]3(C)[C@]1(C)CC[C@@]1(C(=O)NCCCc3ccc(OC)c(OC)c3)CC[C@@H](C(C)C)C12.[HH].[HH].[HH].[HH]. The van der Waals surface area contributed by atoms with E-state index in [4.69, 9.17) is 14.2 Å². The highest BCUT2D eigenvalue weighted by Gasteiger charge is 2.76. The van der Waals surface area contributed by atoms with Crippen LogP contribution in [0, 0.1) is 62.1 Å². The van der Waals surface area contributed by atoms with E-state index in [1.54, 1.807) is 21.1 Å². The average Bonchev–Trinajstić information content (AvgIpc) is 3.50. The van der Waals surface area contributed by atoms with Crippen molar-refractivity contribution >= 4 is 11.9 Å². The van der Waals surface area contributed by atoms with Gasteiger partial charge in [-0.25, -0.2) is 0 Å². The second-order valence-corrected chi connectivity index (χ2v) is 19.5. The summed E-state index contributed by atoms with van der Waals surface area (Å²) in [5.74, 6) is 4.44. The first kappa shape index (κ1) is 38.5. The third-order valence-electron chi connectivity index (χ3n) is 17.5. The van der Waals surface area contributed by atoms with Crippen LogP contribution in [-0.4, -0.2) is 38.7 Å². The molecule has 294 valence electrons. The van der Waals surface area contributed by atoms with Crippen LogP contribution in [0.5, 0.6) is 11.5 Å². The van der Waals surface area contributed by atoms with Crippen LogP contribution in [0.25, 0.3) is 0 Å². The summed E-state index contributed by atoms with van der Waals surface area (Å²) in [7, 11) is 3.35. The summed E-state index contributed by atoms with van der Waals surface area (Å²) in [5.41, 5.74) is 1.64. The van der Waals surface area contributed by atoms with E-state index in [9.17, 15) is 9.59 Å². The number of amides is 1. The van der Waals surface area contributed by atoms with Crippen molar-refractivity contribution in [2.45, 2.75) is 152 Å². The highest BCUT2D eigenvalue weighted by atomic mass is 16.5. The molecule has 1 aromatic carbocycles. The molecule has 5 aliphatic carbocycles. The Balaban J connectivity index is 0.00000261. The largest absolute Gasteiger partial charge is 0.493 e. The van der Waals surface area contributed by atoms with Crippen LogP contribution in [0.1, 0.15) is 151 Å². The minimum Gasteiger partial charge on any atom is -0.493 e. The zero-order valence-corrected chi connectivity index (χ0v) is 34.1. The number of methoxy groups -OCH3 is 2. The number of carbonyl (C=O) groups is 2. The molecular weight excluding hydrogens is 634 g/mol. The number of fused-ring (bicyclic) bond motifs is 7. The molecule has 0 saturated heterocycles. The first-order valence-electron chi connectivity index (χ1n) is 20.7. The molecule has 6 heteroatoms. The van der Waals surface area contributed by atoms with Crippen molar-refractivity contribution in [2.24, 2.45) is 62.1 Å². The Hall–Kier alpha value is -2.24.